The minimum Gasteiger partial charge on any atom is -0.396 e. The third-order valence-electron chi connectivity index (χ3n) is 1.89. The maximum atomic E-state index is 8.96. The van der Waals surface area contributed by atoms with Crippen molar-refractivity contribution >= 4 is 22.6 Å². The van der Waals surface area contributed by atoms with Crippen molar-refractivity contribution in [2.24, 2.45) is 0 Å². The third-order valence-corrected chi connectivity index (χ3v) is 2.51. The van der Waals surface area contributed by atoms with Crippen LogP contribution in [0.15, 0.2) is 18.2 Å². The lowest BCUT2D eigenvalue weighted by Gasteiger charge is -2.08. The van der Waals surface area contributed by atoms with Gasteiger partial charge in [-0.15, -0.1) is 0 Å². The summed E-state index contributed by atoms with van der Waals surface area (Å²) in [4.78, 5) is 0. The Kier molecular flexibility index (Phi) is 3.70. The Morgan fingerprint density at radius 1 is 1.54 bits per heavy atom. The maximum absolute atomic E-state index is 8.96. The molecule has 0 radical (unpaired) electrons. The molecule has 0 amide bonds. The van der Waals surface area contributed by atoms with Crippen molar-refractivity contribution in [3.8, 4) is 6.07 Å². The summed E-state index contributed by atoms with van der Waals surface area (Å²) in [6.07, 6.45) is 0. The smallest absolute Gasteiger partial charge is 0.0992 e. The molecule has 13 heavy (non-hydrogen) atoms. The number of nitriles is 1. The Morgan fingerprint density at radius 3 is 2.77 bits per heavy atom. The predicted molar refractivity (Wildman–Crippen MR) is 59.4 cm³/mol. The molecule has 0 saturated heterocycles. The fourth-order valence-corrected chi connectivity index (χ4v) is 1.76. The van der Waals surface area contributed by atoms with Crippen molar-refractivity contribution in [3.63, 3.8) is 0 Å². The van der Waals surface area contributed by atoms with Gasteiger partial charge in [0, 0.05) is 16.1 Å². The van der Waals surface area contributed by atoms with Gasteiger partial charge in [0.05, 0.1) is 11.6 Å². The first kappa shape index (κ1) is 10.5. The minimum atomic E-state index is 0.0989. The molecule has 68 valence electrons. The number of aliphatic hydroxyl groups excluding tert-OH is 1. The number of halogens is 1. The SMILES string of the molecule is CC(CO)c1cc(I)cc(C#N)c1. The number of rotatable bonds is 2. The second kappa shape index (κ2) is 4.58. The van der Waals surface area contributed by atoms with Gasteiger partial charge in [0.1, 0.15) is 0 Å². The average Bonchev–Trinajstić information content (AvgIpc) is 2.15. The Balaban J connectivity index is 3.10. The van der Waals surface area contributed by atoms with Gasteiger partial charge in [0.15, 0.2) is 0 Å². The molecule has 1 unspecified atom stereocenters. The number of aliphatic hydroxyl groups is 1. The van der Waals surface area contributed by atoms with Crippen LogP contribution in [0.3, 0.4) is 0 Å². The fraction of sp³-hybridized carbons (Fsp3) is 0.300. The molecule has 1 N–H and O–H groups in total. The molecule has 0 aliphatic carbocycles. The molecule has 2 nitrogen and oxygen atoms in total. The Hall–Kier alpha value is -0.600. The van der Waals surface area contributed by atoms with E-state index < -0.39 is 0 Å². The van der Waals surface area contributed by atoms with Crippen molar-refractivity contribution in [2.75, 3.05) is 6.61 Å². The largest absolute Gasteiger partial charge is 0.396 e. The van der Waals surface area contributed by atoms with Gasteiger partial charge in [-0.3, -0.25) is 0 Å². The van der Waals surface area contributed by atoms with Gasteiger partial charge >= 0.3 is 0 Å². The van der Waals surface area contributed by atoms with Crippen LogP contribution in [0.2, 0.25) is 0 Å². The van der Waals surface area contributed by atoms with Crippen molar-refractivity contribution in [1.82, 2.24) is 0 Å². The third kappa shape index (κ3) is 2.68. The summed E-state index contributed by atoms with van der Waals surface area (Å²) in [5.74, 6) is 0.0989. The average molecular weight is 287 g/mol. The van der Waals surface area contributed by atoms with Crippen LogP contribution in [0.5, 0.6) is 0 Å². The van der Waals surface area contributed by atoms with Crippen LogP contribution < -0.4 is 0 Å². The van der Waals surface area contributed by atoms with E-state index >= 15 is 0 Å². The first-order chi connectivity index (χ1) is 6.17. The van der Waals surface area contributed by atoms with Crippen LogP contribution in [0.1, 0.15) is 24.0 Å². The molecule has 1 aromatic rings. The zero-order chi connectivity index (χ0) is 9.84. The van der Waals surface area contributed by atoms with Gasteiger partial charge in [-0.2, -0.15) is 5.26 Å². The molecule has 0 fully saturated rings. The van der Waals surface area contributed by atoms with Gasteiger partial charge in [0.2, 0.25) is 0 Å². The lowest BCUT2D eigenvalue weighted by molar-refractivity contribution is 0.273. The van der Waals surface area contributed by atoms with E-state index in [1.807, 2.05) is 25.1 Å². The number of hydrogen-bond donors (Lipinski definition) is 1. The van der Waals surface area contributed by atoms with Crippen LogP contribution >= 0.6 is 22.6 Å². The van der Waals surface area contributed by atoms with E-state index in [0.29, 0.717) is 5.56 Å². The first-order valence-electron chi connectivity index (χ1n) is 3.99. The van der Waals surface area contributed by atoms with E-state index in [4.69, 9.17) is 10.4 Å². The van der Waals surface area contributed by atoms with Crippen LogP contribution in [0.4, 0.5) is 0 Å². The summed E-state index contributed by atoms with van der Waals surface area (Å²) >= 11 is 2.17. The normalized spacial score (nSPS) is 12.2. The second-order valence-corrected chi connectivity index (χ2v) is 4.21. The second-order valence-electron chi connectivity index (χ2n) is 2.97. The Morgan fingerprint density at radius 2 is 2.23 bits per heavy atom. The van der Waals surface area contributed by atoms with Gasteiger partial charge in [-0.05, 0) is 46.4 Å². The summed E-state index contributed by atoms with van der Waals surface area (Å²) in [6, 6.07) is 7.74. The van der Waals surface area contributed by atoms with Gasteiger partial charge < -0.3 is 5.11 Å². The highest BCUT2D eigenvalue weighted by molar-refractivity contribution is 14.1. The molecule has 0 aliphatic rings. The molecule has 0 aromatic heterocycles. The summed E-state index contributed by atoms with van der Waals surface area (Å²) in [6.45, 7) is 2.05. The Labute approximate surface area is 91.3 Å². The molecule has 1 aromatic carbocycles. The summed E-state index contributed by atoms with van der Waals surface area (Å²) in [5, 5.41) is 17.7. The lowest BCUT2D eigenvalue weighted by atomic mass is 10.0. The van der Waals surface area contributed by atoms with E-state index in [1.54, 1.807) is 0 Å². The Bertz CT molecular complexity index is 343. The predicted octanol–water partition coefficient (Wildman–Crippen LogP) is 2.26. The van der Waals surface area contributed by atoms with Crippen molar-refractivity contribution < 1.29 is 5.11 Å². The molecule has 3 heteroatoms. The number of nitrogens with zero attached hydrogens (tertiary/aromatic N) is 1. The molecule has 0 saturated carbocycles. The highest BCUT2D eigenvalue weighted by Crippen LogP contribution is 2.19. The maximum Gasteiger partial charge on any atom is 0.0992 e. The highest BCUT2D eigenvalue weighted by Gasteiger charge is 2.05. The van der Waals surface area contributed by atoms with E-state index in [9.17, 15) is 0 Å². The van der Waals surface area contributed by atoms with Gasteiger partial charge in [0.25, 0.3) is 0 Å². The lowest BCUT2D eigenvalue weighted by Crippen LogP contribution is -1.99. The highest BCUT2D eigenvalue weighted by atomic mass is 127. The molecule has 1 atom stereocenters. The zero-order valence-corrected chi connectivity index (χ0v) is 9.45. The van der Waals surface area contributed by atoms with E-state index in [-0.39, 0.29) is 12.5 Å². The van der Waals surface area contributed by atoms with Crippen LogP contribution in [0.25, 0.3) is 0 Å². The van der Waals surface area contributed by atoms with Gasteiger partial charge in [-0.1, -0.05) is 6.92 Å². The summed E-state index contributed by atoms with van der Waals surface area (Å²) < 4.78 is 1.03. The minimum absolute atomic E-state index is 0.0989. The van der Waals surface area contributed by atoms with E-state index in [1.165, 1.54) is 0 Å². The monoisotopic (exact) mass is 287 g/mol. The van der Waals surface area contributed by atoms with E-state index in [2.05, 4.69) is 28.7 Å². The molecule has 0 spiro atoms. The quantitative estimate of drug-likeness (QED) is 0.848. The topological polar surface area (TPSA) is 44.0 Å². The zero-order valence-electron chi connectivity index (χ0n) is 7.29. The van der Waals surface area contributed by atoms with Crippen LogP contribution in [-0.2, 0) is 0 Å². The summed E-state index contributed by atoms with van der Waals surface area (Å²) in [5.41, 5.74) is 1.67. The van der Waals surface area contributed by atoms with Gasteiger partial charge in [-0.25, -0.2) is 0 Å². The fourth-order valence-electron chi connectivity index (χ4n) is 1.07. The molecule has 0 bridgehead atoms. The summed E-state index contributed by atoms with van der Waals surface area (Å²) in [7, 11) is 0. The van der Waals surface area contributed by atoms with Crippen molar-refractivity contribution in [2.45, 2.75) is 12.8 Å². The first-order valence-corrected chi connectivity index (χ1v) is 5.06. The molecule has 1 rings (SSSR count). The van der Waals surface area contributed by atoms with Crippen LogP contribution in [0, 0.1) is 14.9 Å². The molecular weight excluding hydrogens is 277 g/mol. The number of benzene rings is 1. The molecule has 0 aliphatic heterocycles. The van der Waals surface area contributed by atoms with E-state index in [0.717, 1.165) is 9.13 Å². The molecule has 0 heterocycles. The van der Waals surface area contributed by atoms with Crippen molar-refractivity contribution in [3.05, 3.63) is 32.9 Å². The van der Waals surface area contributed by atoms with Crippen molar-refractivity contribution in [1.29, 1.82) is 5.26 Å². The van der Waals surface area contributed by atoms with Crippen LogP contribution in [-0.4, -0.2) is 11.7 Å². The standard InChI is InChI=1S/C10H10INO/c1-7(6-13)9-2-8(5-12)3-10(11)4-9/h2-4,7,13H,6H2,1H3. The number of hydrogen-bond acceptors (Lipinski definition) is 2. The molecular formula is C10H10INO.